The molecular weight excluding hydrogens is 1020 g/mol. The first-order valence-corrected chi connectivity index (χ1v) is 23.1. The summed E-state index contributed by atoms with van der Waals surface area (Å²) in [4.78, 5) is 22.8. The van der Waals surface area contributed by atoms with Gasteiger partial charge in [0.1, 0.15) is 22.6 Å². The van der Waals surface area contributed by atoms with Crippen molar-refractivity contribution < 1.29 is 28.9 Å². The van der Waals surface area contributed by atoms with Crippen LogP contribution in [0.25, 0.3) is 94.5 Å². The number of furan rings is 2. The number of para-hydroxylation sites is 3. The third-order valence-electron chi connectivity index (χ3n) is 12.4. The quantitative estimate of drug-likeness (QED) is 0.153. The van der Waals surface area contributed by atoms with Gasteiger partial charge in [0.2, 0.25) is 0 Å². The van der Waals surface area contributed by atoms with E-state index >= 15 is 0 Å². The van der Waals surface area contributed by atoms with Crippen molar-refractivity contribution in [2.45, 2.75) is 91.9 Å². The van der Waals surface area contributed by atoms with Crippen molar-refractivity contribution in [1.29, 1.82) is 0 Å². The van der Waals surface area contributed by atoms with Crippen molar-refractivity contribution in [3.8, 4) is 39.6 Å². The van der Waals surface area contributed by atoms with E-state index in [1.54, 1.807) is 12.5 Å². The van der Waals surface area contributed by atoms with Crippen LogP contribution in [0.15, 0.2) is 143 Å². The number of rotatable bonds is 6. The van der Waals surface area contributed by atoms with E-state index in [0.29, 0.717) is 0 Å². The Morgan fingerprint density at radius 2 is 1.24 bits per heavy atom. The minimum atomic E-state index is -0.0935. The van der Waals surface area contributed by atoms with Gasteiger partial charge in [-0.1, -0.05) is 165 Å². The van der Waals surface area contributed by atoms with Crippen LogP contribution in [0.5, 0.6) is 0 Å². The van der Waals surface area contributed by atoms with Gasteiger partial charge in [-0.05, 0) is 76.6 Å². The molecule has 9 heteroatoms. The van der Waals surface area contributed by atoms with Gasteiger partial charge < -0.3 is 18.4 Å². The molecule has 343 valence electrons. The fraction of sp³-hybridized carbons (Fsp3) is 0.237. The van der Waals surface area contributed by atoms with Gasteiger partial charge in [-0.15, -0.1) is 18.2 Å². The van der Waals surface area contributed by atoms with Gasteiger partial charge in [-0.2, -0.15) is 0 Å². The Balaban J connectivity index is 0.000000232. The molecule has 0 atom stereocenters. The number of imidazole rings is 1. The molecule has 0 spiro atoms. The molecule has 0 unspecified atom stereocenters. The smallest absolute Gasteiger partial charge is 0.136 e. The zero-order valence-corrected chi connectivity index (χ0v) is 42.6. The zero-order valence-electron chi connectivity index (χ0n) is 40.2. The topological polar surface area (TPSA) is 95.7 Å². The molecule has 0 aliphatic rings. The Kier molecular flexibility index (Phi) is 12.3. The zero-order chi connectivity index (χ0) is 46.8. The molecule has 0 saturated carbocycles. The van der Waals surface area contributed by atoms with E-state index < -0.39 is 0 Å². The number of nitrogens with zero attached hydrogens (tertiary/aromatic N) is 6. The van der Waals surface area contributed by atoms with Crippen molar-refractivity contribution in [3.63, 3.8) is 0 Å². The van der Waals surface area contributed by atoms with Crippen LogP contribution in [-0.4, -0.2) is 29.5 Å². The van der Waals surface area contributed by atoms with E-state index in [1.165, 1.54) is 27.9 Å². The van der Waals surface area contributed by atoms with Gasteiger partial charge in [-0.3, -0.25) is 15.0 Å². The van der Waals surface area contributed by atoms with Crippen LogP contribution in [0.3, 0.4) is 0 Å². The van der Waals surface area contributed by atoms with E-state index in [9.17, 15) is 0 Å². The predicted molar refractivity (Wildman–Crippen MR) is 273 cm³/mol. The molecule has 5 aromatic heterocycles. The standard InChI is InChI=1S/C43H33N2O2.C16H21N4.Ir/c1-25(2)32-21-28(27-13-6-5-7-14-27)22-33(26(3)4)41(32)45-37-19-10-9-18-36(37)44-43(45)31-17-12-16-30-35-24-39-34(23-40(35)47-42(30)31)29-15-8-11-20-38(29)46-39;1-15(2,3)13-9-12(18-10-19-13)11-7-8-17-14(20-11)16(4,5)6;/h5-16,18-26H,1-4H3;8-10H,1-6H3;/q2*-1;. The van der Waals surface area contributed by atoms with Crippen LogP contribution in [0.2, 0.25) is 0 Å². The summed E-state index contributed by atoms with van der Waals surface area (Å²) >= 11 is 0. The summed E-state index contributed by atoms with van der Waals surface area (Å²) in [5, 5.41) is 4.16. The Morgan fingerprint density at radius 3 is 1.94 bits per heavy atom. The van der Waals surface area contributed by atoms with Crippen LogP contribution in [0, 0.1) is 12.1 Å². The molecule has 0 aliphatic carbocycles. The van der Waals surface area contributed by atoms with Crippen LogP contribution >= 0.6 is 0 Å². The molecule has 6 aromatic carbocycles. The normalized spacial score (nSPS) is 12.1. The van der Waals surface area contributed by atoms with Gasteiger partial charge in [-0.25, -0.2) is 11.1 Å². The molecule has 11 aromatic rings. The second-order valence-electron chi connectivity index (χ2n) is 20.1. The summed E-state index contributed by atoms with van der Waals surface area (Å²) in [7, 11) is 0. The summed E-state index contributed by atoms with van der Waals surface area (Å²) in [6.45, 7) is 21.8. The van der Waals surface area contributed by atoms with Crippen molar-refractivity contribution in [3.05, 3.63) is 169 Å². The average molecular weight is 1070 g/mol. The van der Waals surface area contributed by atoms with Crippen molar-refractivity contribution in [2.75, 3.05) is 0 Å². The van der Waals surface area contributed by atoms with E-state index in [1.807, 2.05) is 30.3 Å². The van der Waals surface area contributed by atoms with Crippen molar-refractivity contribution in [2.24, 2.45) is 0 Å². The Labute approximate surface area is 411 Å². The largest absolute Gasteiger partial charge is 0.501 e. The fourth-order valence-electron chi connectivity index (χ4n) is 8.87. The van der Waals surface area contributed by atoms with Crippen molar-refractivity contribution in [1.82, 2.24) is 29.5 Å². The molecule has 0 amide bonds. The van der Waals surface area contributed by atoms with E-state index in [-0.39, 0.29) is 42.8 Å². The van der Waals surface area contributed by atoms with Crippen LogP contribution in [0.4, 0.5) is 0 Å². The monoisotopic (exact) mass is 1070 g/mol. The molecule has 68 heavy (non-hydrogen) atoms. The van der Waals surface area contributed by atoms with Crippen LogP contribution in [0.1, 0.15) is 104 Å². The van der Waals surface area contributed by atoms with Gasteiger partial charge in [0.15, 0.2) is 0 Å². The third kappa shape index (κ3) is 8.54. The minimum Gasteiger partial charge on any atom is -0.501 e. The first-order valence-electron chi connectivity index (χ1n) is 23.1. The molecule has 0 saturated heterocycles. The minimum absolute atomic E-state index is 0. The molecule has 0 fully saturated rings. The first-order chi connectivity index (χ1) is 32.1. The van der Waals surface area contributed by atoms with Gasteiger partial charge in [0.05, 0.1) is 28.8 Å². The summed E-state index contributed by atoms with van der Waals surface area (Å²) < 4.78 is 15.4. The van der Waals surface area contributed by atoms with Crippen molar-refractivity contribution >= 4 is 54.9 Å². The molecule has 5 heterocycles. The van der Waals surface area contributed by atoms with E-state index in [2.05, 4.69) is 197 Å². The molecule has 11 rings (SSSR count). The maximum Gasteiger partial charge on any atom is 0.136 e. The molecule has 0 aliphatic heterocycles. The molecule has 8 nitrogen and oxygen atoms in total. The van der Waals surface area contributed by atoms with E-state index in [4.69, 9.17) is 13.8 Å². The summed E-state index contributed by atoms with van der Waals surface area (Å²) in [5.41, 5.74) is 14.7. The molecule has 0 N–H and O–H groups in total. The Morgan fingerprint density at radius 1 is 0.574 bits per heavy atom. The second-order valence-corrected chi connectivity index (χ2v) is 20.1. The third-order valence-corrected chi connectivity index (χ3v) is 12.4. The molecule has 1 radical (unpaired) electrons. The molecule has 0 bridgehead atoms. The second kappa shape index (κ2) is 18.0. The SMILES string of the molecule is CC(C)(C)c1cc(-c2[c-]cnc(C(C)(C)C)n2)ncn1.CC(C)c1cc(-c2ccccc2)cc(C(C)C)c1-n1c(-c2[c-]ccc3c2oc2cc4c(cc23)oc2ccccc24)nc2ccccc21.[Ir]. The van der Waals surface area contributed by atoms with Gasteiger partial charge in [0, 0.05) is 58.5 Å². The predicted octanol–water partition coefficient (Wildman–Crippen LogP) is 15.5. The Bertz CT molecular complexity index is 3540. The number of hydrogen-bond donors (Lipinski definition) is 0. The fourth-order valence-corrected chi connectivity index (χ4v) is 8.87. The Hall–Kier alpha value is -6.80. The summed E-state index contributed by atoms with van der Waals surface area (Å²) in [5.74, 6) is 2.16. The number of aromatic nitrogens is 6. The van der Waals surface area contributed by atoms with Gasteiger partial charge >= 0.3 is 0 Å². The number of benzene rings is 6. The number of fused-ring (bicyclic) bond motifs is 7. The summed E-state index contributed by atoms with van der Waals surface area (Å²) in [6.07, 6.45) is 3.25. The number of hydrogen-bond acceptors (Lipinski definition) is 7. The summed E-state index contributed by atoms with van der Waals surface area (Å²) in [6, 6.07) is 48.9. The average Bonchev–Trinajstić information content (AvgIpc) is 4.01. The maximum absolute atomic E-state index is 6.76. The van der Waals surface area contributed by atoms with Crippen LogP contribution < -0.4 is 0 Å². The van der Waals surface area contributed by atoms with Crippen LogP contribution in [-0.2, 0) is 30.9 Å². The van der Waals surface area contributed by atoms with Gasteiger partial charge in [0.25, 0.3) is 0 Å². The van der Waals surface area contributed by atoms with E-state index in [0.717, 1.165) is 89.2 Å². The first kappa shape index (κ1) is 46.3. The maximum atomic E-state index is 6.76. The molecular formula is C59H54IrN6O2-2.